The lowest BCUT2D eigenvalue weighted by molar-refractivity contribution is 0.287. The molecule has 19 heavy (non-hydrogen) atoms. The highest BCUT2D eigenvalue weighted by molar-refractivity contribution is 5.46. The van der Waals surface area contributed by atoms with Gasteiger partial charge in [-0.3, -0.25) is 4.90 Å². The van der Waals surface area contributed by atoms with E-state index in [-0.39, 0.29) is 0 Å². The summed E-state index contributed by atoms with van der Waals surface area (Å²) in [4.78, 5) is 2.19. The maximum atomic E-state index is 5.30. The molecule has 2 heterocycles. The van der Waals surface area contributed by atoms with Crippen molar-refractivity contribution in [3.8, 4) is 0 Å². The number of aryl methyl sites for hydroxylation is 1. The van der Waals surface area contributed by atoms with Crippen molar-refractivity contribution in [2.75, 3.05) is 13.6 Å². The minimum Gasteiger partial charge on any atom is -0.465 e. The number of furan rings is 1. The van der Waals surface area contributed by atoms with E-state index in [4.69, 9.17) is 8.94 Å². The smallest absolute Gasteiger partial charge is 0.150 e. The summed E-state index contributed by atoms with van der Waals surface area (Å²) < 4.78 is 10.6. The quantitative estimate of drug-likeness (QED) is 0.798. The zero-order chi connectivity index (χ0) is 13.7. The van der Waals surface area contributed by atoms with E-state index in [1.165, 1.54) is 5.57 Å². The fourth-order valence-electron chi connectivity index (χ4n) is 2.01. The molecule has 2 rings (SSSR count). The van der Waals surface area contributed by atoms with Gasteiger partial charge in [-0.2, -0.15) is 0 Å². The molecule has 0 aliphatic carbocycles. The SMILES string of the molecule is CCc1cc(CN(C)C/C(C)=C/c2ccco2)on1. The molecule has 102 valence electrons. The third-order valence-electron chi connectivity index (χ3n) is 2.85. The minimum absolute atomic E-state index is 0.760. The molecule has 2 aromatic rings. The third-order valence-corrected chi connectivity index (χ3v) is 2.85. The Morgan fingerprint density at radius 2 is 2.32 bits per heavy atom. The first kappa shape index (κ1) is 13.6. The Morgan fingerprint density at radius 1 is 1.47 bits per heavy atom. The Bertz CT molecular complexity index is 526. The Balaban J connectivity index is 1.88. The molecule has 0 atom stereocenters. The van der Waals surface area contributed by atoms with Crippen LogP contribution in [0.2, 0.25) is 0 Å². The summed E-state index contributed by atoms with van der Waals surface area (Å²) in [5.74, 6) is 1.80. The molecule has 0 bridgehead atoms. The molecule has 2 aromatic heterocycles. The largest absolute Gasteiger partial charge is 0.465 e. The van der Waals surface area contributed by atoms with E-state index in [0.29, 0.717) is 0 Å². The van der Waals surface area contributed by atoms with Crippen molar-refractivity contribution in [3.63, 3.8) is 0 Å². The topological polar surface area (TPSA) is 42.4 Å². The summed E-state index contributed by atoms with van der Waals surface area (Å²) in [6, 6.07) is 5.86. The molecule has 4 heteroatoms. The van der Waals surface area contributed by atoms with Gasteiger partial charge in [-0.25, -0.2) is 0 Å². The molecule has 0 saturated heterocycles. The predicted molar refractivity (Wildman–Crippen MR) is 74.6 cm³/mol. The predicted octanol–water partition coefficient (Wildman–Crippen LogP) is 3.37. The van der Waals surface area contributed by atoms with Crippen LogP contribution in [0.3, 0.4) is 0 Å². The summed E-state index contributed by atoms with van der Waals surface area (Å²) in [5, 5.41) is 4.00. The minimum atomic E-state index is 0.760. The highest BCUT2D eigenvalue weighted by Crippen LogP contribution is 2.11. The van der Waals surface area contributed by atoms with E-state index in [1.807, 2.05) is 24.3 Å². The maximum absolute atomic E-state index is 5.30. The third kappa shape index (κ3) is 4.10. The number of hydrogen-bond acceptors (Lipinski definition) is 4. The first-order valence-electron chi connectivity index (χ1n) is 6.51. The van der Waals surface area contributed by atoms with Crippen LogP contribution in [-0.4, -0.2) is 23.6 Å². The molecule has 0 aliphatic rings. The lowest BCUT2D eigenvalue weighted by atomic mass is 10.2. The van der Waals surface area contributed by atoms with E-state index in [9.17, 15) is 0 Å². The lowest BCUT2D eigenvalue weighted by Crippen LogP contribution is -2.19. The molecule has 0 aromatic carbocycles. The van der Waals surface area contributed by atoms with Crippen molar-refractivity contribution in [1.29, 1.82) is 0 Å². The summed E-state index contributed by atoms with van der Waals surface area (Å²) in [6.07, 6.45) is 4.64. The van der Waals surface area contributed by atoms with Crippen LogP contribution < -0.4 is 0 Å². The van der Waals surface area contributed by atoms with Crippen molar-refractivity contribution in [2.45, 2.75) is 26.8 Å². The molecule has 0 N–H and O–H groups in total. The van der Waals surface area contributed by atoms with Crippen molar-refractivity contribution in [1.82, 2.24) is 10.1 Å². The van der Waals surface area contributed by atoms with Gasteiger partial charge in [-0.1, -0.05) is 17.7 Å². The van der Waals surface area contributed by atoms with Crippen LogP contribution >= 0.6 is 0 Å². The number of likely N-dealkylation sites (N-methyl/N-ethyl adjacent to an activating group) is 1. The second-order valence-corrected chi connectivity index (χ2v) is 4.82. The zero-order valence-electron chi connectivity index (χ0n) is 11.7. The van der Waals surface area contributed by atoms with Gasteiger partial charge in [-0.05, 0) is 38.6 Å². The van der Waals surface area contributed by atoms with Crippen LogP contribution in [0.5, 0.6) is 0 Å². The zero-order valence-corrected chi connectivity index (χ0v) is 11.7. The van der Waals surface area contributed by atoms with Crippen LogP contribution in [0.15, 0.2) is 39.0 Å². The summed E-state index contributed by atoms with van der Waals surface area (Å²) in [5.41, 5.74) is 2.25. The van der Waals surface area contributed by atoms with Gasteiger partial charge in [0.15, 0.2) is 5.76 Å². The summed E-state index contributed by atoms with van der Waals surface area (Å²) >= 11 is 0. The van der Waals surface area contributed by atoms with Crippen molar-refractivity contribution in [2.24, 2.45) is 0 Å². The van der Waals surface area contributed by atoms with Crippen LogP contribution in [0.1, 0.15) is 31.1 Å². The number of rotatable bonds is 6. The van der Waals surface area contributed by atoms with Gasteiger partial charge in [0.05, 0.1) is 18.5 Å². The van der Waals surface area contributed by atoms with Crippen LogP contribution in [0, 0.1) is 0 Å². The number of hydrogen-bond donors (Lipinski definition) is 0. The van der Waals surface area contributed by atoms with Crippen molar-refractivity contribution >= 4 is 6.08 Å². The van der Waals surface area contributed by atoms with Crippen molar-refractivity contribution in [3.05, 3.63) is 47.2 Å². The van der Waals surface area contributed by atoms with Crippen LogP contribution in [0.25, 0.3) is 6.08 Å². The van der Waals surface area contributed by atoms with E-state index >= 15 is 0 Å². The fourth-order valence-corrected chi connectivity index (χ4v) is 2.01. The Labute approximate surface area is 113 Å². The molecule has 4 nitrogen and oxygen atoms in total. The van der Waals surface area contributed by atoms with Gasteiger partial charge in [0.25, 0.3) is 0 Å². The van der Waals surface area contributed by atoms with Gasteiger partial charge in [-0.15, -0.1) is 0 Å². The van der Waals surface area contributed by atoms with Crippen molar-refractivity contribution < 1.29 is 8.94 Å². The average molecular weight is 260 g/mol. The Hall–Kier alpha value is -1.81. The van der Waals surface area contributed by atoms with E-state index in [2.05, 4.69) is 31.0 Å². The number of aromatic nitrogens is 1. The Kier molecular flexibility index (Phi) is 4.58. The normalized spacial score (nSPS) is 12.3. The molecule has 0 aliphatic heterocycles. The van der Waals surface area contributed by atoms with E-state index in [0.717, 1.165) is 36.7 Å². The first-order valence-corrected chi connectivity index (χ1v) is 6.51. The number of nitrogens with zero attached hydrogens (tertiary/aromatic N) is 2. The van der Waals surface area contributed by atoms with Gasteiger partial charge in [0.2, 0.25) is 0 Å². The Morgan fingerprint density at radius 3 is 2.95 bits per heavy atom. The highest BCUT2D eigenvalue weighted by Gasteiger charge is 2.07. The molecule has 0 fully saturated rings. The maximum Gasteiger partial charge on any atom is 0.150 e. The first-order chi connectivity index (χ1) is 9.17. The molecular formula is C15H20N2O2. The van der Waals surface area contributed by atoms with Crippen LogP contribution in [0.4, 0.5) is 0 Å². The molecule has 0 unspecified atom stereocenters. The van der Waals surface area contributed by atoms with Gasteiger partial charge >= 0.3 is 0 Å². The monoisotopic (exact) mass is 260 g/mol. The molecule has 0 spiro atoms. The highest BCUT2D eigenvalue weighted by atomic mass is 16.5. The average Bonchev–Trinajstić information content (AvgIpc) is 3.00. The molecule has 0 amide bonds. The van der Waals surface area contributed by atoms with Crippen LogP contribution in [-0.2, 0) is 13.0 Å². The molecular weight excluding hydrogens is 240 g/mol. The standard InChI is InChI=1S/C15H20N2O2/c1-4-13-9-15(19-16-13)11-17(3)10-12(2)8-14-6-5-7-18-14/h5-9H,4,10-11H2,1-3H3/b12-8+. The van der Waals surface area contributed by atoms with E-state index in [1.54, 1.807) is 6.26 Å². The lowest BCUT2D eigenvalue weighted by Gasteiger charge is -2.14. The van der Waals surface area contributed by atoms with Gasteiger partial charge in [0.1, 0.15) is 5.76 Å². The van der Waals surface area contributed by atoms with Gasteiger partial charge in [0, 0.05) is 12.6 Å². The second-order valence-electron chi connectivity index (χ2n) is 4.82. The van der Waals surface area contributed by atoms with Gasteiger partial charge < -0.3 is 8.94 Å². The van der Waals surface area contributed by atoms with E-state index < -0.39 is 0 Å². The summed E-state index contributed by atoms with van der Waals surface area (Å²) in [6.45, 7) is 5.79. The fraction of sp³-hybridized carbons (Fsp3) is 0.400. The summed E-state index contributed by atoms with van der Waals surface area (Å²) in [7, 11) is 2.06. The molecule has 0 radical (unpaired) electrons. The molecule has 0 saturated carbocycles. The second kappa shape index (κ2) is 6.38.